The van der Waals surface area contributed by atoms with E-state index in [1.165, 1.54) is 24.6 Å². The van der Waals surface area contributed by atoms with Crippen molar-refractivity contribution in [2.24, 2.45) is 0 Å². The molecule has 0 aliphatic heterocycles. The molecule has 2 heterocycles. The van der Waals surface area contributed by atoms with E-state index in [0.29, 0.717) is 22.7 Å². The second-order valence-electron chi connectivity index (χ2n) is 9.74. The Morgan fingerprint density at radius 3 is 2.50 bits per heavy atom. The number of methoxy groups -OCH3 is 2. The van der Waals surface area contributed by atoms with Gasteiger partial charge in [-0.05, 0) is 83.8 Å². The van der Waals surface area contributed by atoms with E-state index in [1.807, 2.05) is 19.1 Å². The largest absolute Gasteiger partial charge is 0.493 e. The fraction of sp³-hybridized carbons (Fsp3) is 0.345. The lowest BCUT2D eigenvalue weighted by Gasteiger charge is -2.33. The molecule has 1 aliphatic rings. The summed E-state index contributed by atoms with van der Waals surface area (Å²) in [6.45, 7) is 1.89. The van der Waals surface area contributed by atoms with Crippen molar-refractivity contribution < 1.29 is 23.5 Å². The van der Waals surface area contributed by atoms with Crippen molar-refractivity contribution in [2.45, 2.75) is 51.1 Å². The molecule has 2 amide bonds. The molecule has 5 rings (SSSR count). The van der Waals surface area contributed by atoms with E-state index in [0.717, 1.165) is 43.4 Å². The smallest absolute Gasteiger partial charge is 0.294 e. The number of carbonyl (C=O) groups excluding carboxylic acids is 2. The summed E-state index contributed by atoms with van der Waals surface area (Å²) >= 11 is 0. The van der Waals surface area contributed by atoms with Gasteiger partial charge in [-0.2, -0.15) is 0 Å². The van der Waals surface area contributed by atoms with Crippen LogP contribution in [0.15, 0.2) is 65.5 Å². The first-order valence-corrected chi connectivity index (χ1v) is 13.2. The molecule has 0 unspecified atom stereocenters. The molecule has 11 heteroatoms. The van der Waals surface area contributed by atoms with Gasteiger partial charge in [0, 0.05) is 11.7 Å². The quantitative estimate of drug-likeness (QED) is 0.328. The molecule has 0 saturated heterocycles. The summed E-state index contributed by atoms with van der Waals surface area (Å²) in [5.74, 6) is 0.326. The summed E-state index contributed by atoms with van der Waals surface area (Å²) in [6.07, 6.45) is 7.99. The molecule has 40 heavy (non-hydrogen) atoms. The zero-order valence-corrected chi connectivity index (χ0v) is 22.7. The number of anilines is 1. The summed E-state index contributed by atoms with van der Waals surface area (Å²) in [5, 5.41) is 14.6. The minimum absolute atomic E-state index is 0.0355. The summed E-state index contributed by atoms with van der Waals surface area (Å²) in [7, 11) is 3.08. The van der Waals surface area contributed by atoms with Gasteiger partial charge in [0.25, 0.3) is 5.91 Å². The van der Waals surface area contributed by atoms with Crippen LogP contribution in [0.4, 0.5) is 5.69 Å². The molecule has 0 bridgehead atoms. The molecule has 1 N–H and O–H groups in total. The van der Waals surface area contributed by atoms with Crippen LogP contribution in [0, 0.1) is 6.92 Å². The SMILES string of the molecule is COc1ccc([C@H](C(=O)NC2CCCCC2)N(C(=O)c2ccco2)c2ccc(-n3cnnn3)c(C)c2)cc1OC. The van der Waals surface area contributed by atoms with E-state index in [-0.39, 0.29) is 17.7 Å². The van der Waals surface area contributed by atoms with Gasteiger partial charge in [0.1, 0.15) is 12.4 Å². The number of ether oxygens (including phenoxy) is 2. The normalized spacial score (nSPS) is 14.4. The maximum absolute atomic E-state index is 14.2. The second-order valence-corrected chi connectivity index (χ2v) is 9.74. The molecule has 208 valence electrons. The predicted molar refractivity (Wildman–Crippen MR) is 147 cm³/mol. The monoisotopic (exact) mass is 544 g/mol. The van der Waals surface area contributed by atoms with Crippen LogP contribution in [-0.4, -0.2) is 52.3 Å². The molecule has 0 spiro atoms. The second kappa shape index (κ2) is 12.0. The Kier molecular flexibility index (Phi) is 8.09. The topological polar surface area (TPSA) is 125 Å². The number of carbonyl (C=O) groups is 2. The van der Waals surface area contributed by atoms with E-state index < -0.39 is 11.9 Å². The molecule has 2 aromatic carbocycles. The lowest BCUT2D eigenvalue weighted by Crippen LogP contribution is -2.47. The van der Waals surface area contributed by atoms with Crippen LogP contribution in [0.1, 0.15) is 59.8 Å². The van der Waals surface area contributed by atoms with Crippen LogP contribution in [0.5, 0.6) is 11.5 Å². The highest BCUT2D eigenvalue weighted by molar-refractivity contribution is 6.08. The van der Waals surface area contributed by atoms with Gasteiger partial charge in [-0.1, -0.05) is 25.3 Å². The molecule has 11 nitrogen and oxygen atoms in total. The number of nitrogens with one attached hydrogen (secondary N) is 1. The lowest BCUT2D eigenvalue weighted by atomic mass is 9.94. The fourth-order valence-electron chi connectivity index (χ4n) is 5.19. The van der Waals surface area contributed by atoms with Crippen LogP contribution < -0.4 is 19.7 Å². The highest BCUT2D eigenvalue weighted by atomic mass is 16.5. The summed E-state index contributed by atoms with van der Waals surface area (Å²) in [5.41, 5.74) is 2.62. The Balaban J connectivity index is 1.64. The molecule has 1 saturated carbocycles. The summed E-state index contributed by atoms with van der Waals surface area (Å²) in [6, 6.07) is 12.9. The molecule has 4 aromatic rings. The van der Waals surface area contributed by atoms with E-state index in [4.69, 9.17) is 13.9 Å². The van der Waals surface area contributed by atoms with E-state index in [9.17, 15) is 9.59 Å². The number of rotatable bonds is 9. The van der Waals surface area contributed by atoms with Crippen molar-refractivity contribution in [3.8, 4) is 17.2 Å². The average molecular weight is 545 g/mol. The van der Waals surface area contributed by atoms with Gasteiger partial charge >= 0.3 is 0 Å². The molecule has 1 atom stereocenters. The van der Waals surface area contributed by atoms with Crippen molar-refractivity contribution >= 4 is 17.5 Å². The van der Waals surface area contributed by atoms with Gasteiger partial charge in [-0.25, -0.2) is 4.68 Å². The number of amides is 2. The predicted octanol–water partition coefficient (Wildman–Crippen LogP) is 4.42. The lowest BCUT2D eigenvalue weighted by molar-refractivity contribution is -0.123. The molecular formula is C29H32N6O5. The third-order valence-electron chi connectivity index (χ3n) is 7.19. The van der Waals surface area contributed by atoms with Gasteiger partial charge in [0.2, 0.25) is 5.91 Å². The van der Waals surface area contributed by atoms with E-state index in [2.05, 4.69) is 20.8 Å². The van der Waals surface area contributed by atoms with Gasteiger partial charge < -0.3 is 19.2 Å². The minimum Gasteiger partial charge on any atom is -0.493 e. The highest BCUT2D eigenvalue weighted by Gasteiger charge is 2.36. The average Bonchev–Trinajstić information content (AvgIpc) is 3.71. The van der Waals surface area contributed by atoms with Gasteiger partial charge in [0.05, 0.1) is 26.2 Å². The minimum atomic E-state index is -1.03. The molecule has 1 aliphatic carbocycles. The number of aromatic nitrogens is 4. The van der Waals surface area contributed by atoms with Crippen molar-refractivity contribution in [3.05, 3.63) is 78.0 Å². The van der Waals surface area contributed by atoms with Gasteiger partial charge in [0.15, 0.2) is 17.3 Å². The first-order chi connectivity index (χ1) is 19.5. The number of tetrazole rings is 1. The number of nitrogens with zero attached hydrogens (tertiary/aromatic N) is 5. The Labute approximate surface area is 232 Å². The molecule has 1 fully saturated rings. The first kappa shape index (κ1) is 26.9. The first-order valence-electron chi connectivity index (χ1n) is 13.2. The van der Waals surface area contributed by atoms with Crippen LogP contribution >= 0.6 is 0 Å². The summed E-state index contributed by atoms with van der Waals surface area (Å²) < 4.78 is 18.0. The Bertz CT molecular complexity index is 1450. The van der Waals surface area contributed by atoms with E-state index in [1.54, 1.807) is 48.2 Å². The van der Waals surface area contributed by atoms with Crippen molar-refractivity contribution in [1.29, 1.82) is 0 Å². The highest BCUT2D eigenvalue weighted by Crippen LogP contribution is 2.36. The van der Waals surface area contributed by atoms with E-state index >= 15 is 0 Å². The maximum Gasteiger partial charge on any atom is 0.294 e. The summed E-state index contributed by atoms with van der Waals surface area (Å²) in [4.78, 5) is 29.7. The Morgan fingerprint density at radius 2 is 1.85 bits per heavy atom. The fourth-order valence-corrected chi connectivity index (χ4v) is 5.19. The van der Waals surface area contributed by atoms with Crippen LogP contribution in [0.3, 0.4) is 0 Å². The Hall–Kier alpha value is -4.67. The number of benzene rings is 2. The third kappa shape index (κ3) is 5.54. The Morgan fingerprint density at radius 1 is 1.05 bits per heavy atom. The maximum atomic E-state index is 14.2. The molecule has 2 aromatic heterocycles. The van der Waals surface area contributed by atoms with Gasteiger partial charge in [-0.15, -0.1) is 5.10 Å². The van der Waals surface area contributed by atoms with Crippen molar-refractivity contribution in [2.75, 3.05) is 19.1 Å². The molecule has 0 radical (unpaired) electrons. The zero-order valence-electron chi connectivity index (χ0n) is 22.7. The van der Waals surface area contributed by atoms with Gasteiger partial charge in [-0.3, -0.25) is 14.5 Å². The third-order valence-corrected chi connectivity index (χ3v) is 7.19. The van der Waals surface area contributed by atoms with Crippen LogP contribution in [0.2, 0.25) is 0 Å². The molecular weight excluding hydrogens is 512 g/mol. The number of aryl methyl sites for hydroxylation is 1. The standard InChI is InChI=1S/C29H32N6O5/c1-19-16-22(12-13-23(19)34-18-30-32-33-34)35(29(37)25-10-7-15-40-25)27(28(36)31-21-8-5-4-6-9-21)20-11-14-24(38-2)26(17-20)39-3/h7,10-18,21,27H,4-6,8-9H2,1-3H3,(H,31,36)/t27-/m1/s1. The zero-order chi connectivity index (χ0) is 28.1. The number of hydrogen-bond acceptors (Lipinski definition) is 8. The van der Waals surface area contributed by atoms with Crippen molar-refractivity contribution in [1.82, 2.24) is 25.5 Å². The van der Waals surface area contributed by atoms with Crippen LogP contribution in [-0.2, 0) is 4.79 Å². The van der Waals surface area contributed by atoms with Crippen molar-refractivity contribution in [3.63, 3.8) is 0 Å². The number of hydrogen-bond donors (Lipinski definition) is 1. The van der Waals surface area contributed by atoms with Crippen LogP contribution in [0.25, 0.3) is 5.69 Å². The number of furan rings is 1.